The summed E-state index contributed by atoms with van der Waals surface area (Å²) in [5.74, 6) is 0.984. The highest BCUT2D eigenvalue weighted by atomic mass is 16.2. The normalized spacial score (nSPS) is 19.7. The average molecular weight is 308 g/mol. The van der Waals surface area contributed by atoms with Crippen molar-refractivity contribution in [2.45, 2.75) is 25.6 Å². The largest absolute Gasteiger partial charge is 0.354 e. The van der Waals surface area contributed by atoms with Crippen molar-refractivity contribution in [1.82, 2.24) is 15.2 Å². The van der Waals surface area contributed by atoms with E-state index in [1.54, 1.807) is 0 Å². The number of carbonyl (C=O) groups is 1. The molecular weight excluding hydrogens is 288 g/mol. The second-order valence-corrected chi connectivity index (χ2v) is 6.19. The van der Waals surface area contributed by atoms with Crippen LogP contribution in [0.15, 0.2) is 48.7 Å². The topological polar surface area (TPSA) is 48.5 Å². The summed E-state index contributed by atoms with van der Waals surface area (Å²) in [5, 5.41) is 3.17. The summed E-state index contributed by atoms with van der Waals surface area (Å²) in [4.78, 5) is 21.0. The van der Waals surface area contributed by atoms with Crippen molar-refractivity contribution in [3.05, 3.63) is 59.8 Å². The van der Waals surface area contributed by atoms with E-state index >= 15 is 0 Å². The van der Waals surface area contributed by atoms with Crippen LogP contribution in [0.3, 0.4) is 0 Å². The van der Waals surface area contributed by atoms with E-state index in [4.69, 9.17) is 0 Å². The van der Waals surface area contributed by atoms with Crippen LogP contribution in [0.5, 0.6) is 0 Å². The van der Waals surface area contributed by atoms with Crippen LogP contribution in [-0.4, -0.2) is 35.0 Å². The molecule has 118 valence electrons. The summed E-state index contributed by atoms with van der Waals surface area (Å²) >= 11 is 0. The fraction of sp³-hybridized carbons (Fsp3) is 0.333. The highest BCUT2D eigenvalue weighted by Gasteiger charge is 2.28. The number of aromatic nitrogens is 1. The Bertz CT molecular complexity index is 678. The molecule has 2 aliphatic heterocycles. The maximum atomic E-state index is 12.5. The fourth-order valence-corrected chi connectivity index (χ4v) is 3.37. The van der Waals surface area contributed by atoms with Crippen LogP contribution in [0.4, 0.5) is 10.6 Å². The highest BCUT2D eigenvalue weighted by molar-refractivity contribution is 5.75. The number of nitrogens with one attached hydrogen (secondary N) is 1. The first-order valence-corrected chi connectivity index (χ1v) is 8.08. The molecule has 1 unspecified atom stereocenters. The molecule has 0 spiro atoms. The molecule has 5 nitrogen and oxygen atoms in total. The third-order valence-electron chi connectivity index (χ3n) is 4.62. The van der Waals surface area contributed by atoms with Gasteiger partial charge in [0.2, 0.25) is 0 Å². The van der Waals surface area contributed by atoms with E-state index < -0.39 is 0 Å². The van der Waals surface area contributed by atoms with Crippen LogP contribution in [0, 0.1) is 0 Å². The molecule has 1 aromatic carbocycles. The minimum atomic E-state index is 0.0362. The van der Waals surface area contributed by atoms with E-state index in [-0.39, 0.29) is 12.1 Å². The maximum Gasteiger partial charge on any atom is 0.318 e. The summed E-state index contributed by atoms with van der Waals surface area (Å²) in [6, 6.07) is 14.4. The van der Waals surface area contributed by atoms with Gasteiger partial charge in [-0.25, -0.2) is 9.78 Å². The van der Waals surface area contributed by atoms with E-state index in [0.29, 0.717) is 13.1 Å². The quantitative estimate of drug-likeness (QED) is 0.926. The van der Waals surface area contributed by atoms with E-state index in [1.165, 1.54) is 11.1 Å². The fourth-order valence-electron chi connectivity index (χ4n) is 3.37. The molecule has 2 aromatic rings. The molecule has 5 heteroatoms. The Morgan fingerprint density at radius 3 is 2.52 bits per heavy atom. The van der Waals surface area contributed by atoms with E-state index in [1.807, 2.05) is 41.4 Å². The molecule has 3 heterocycles. The van der Waals surface area contributed by atoms with Crippen LogP contribution in [0.25, 0.3) is 0 Å². The van der Waals surface area contributed by atoms with Gasteiger partial charge < -0.3 is 15.1 Å². The van der Waals surface area contributed by atoms with Crippen LogP contribution in [-0.2, 0) is 13.1 Å². The Morgan fingerprint density at radius 2 is 1.83 bits per heavy atom. The van der Waals surface area contributed by atoms with Crippen LogP contribution >= 0.6 is 0 Å². The minimum absolute atomic E-state index is 0.0362. The molecule has 0 bridgehead atoms. The minimum Gasteiger partial charge on any atom is -0.354 e. The van der Waals surface area contributed by atoms with Crippen LogP contribution in [0.2, 0.25) is 0 Å². The zero-order valence-electron chi connectivity index (χ0n) is 13.0. The standard InChI is InChI=1S/C18H20N4O/c23-18(22-11-14-5-1-2-6-15(14)12-22)20-16-8-10-21(13-16)17-7-3-4-9-19-17/h1-7,9,16H,8,10-13H2,(H,20,23). The number of urea groups is 1. The van der Waals surface area contributed by atoms with Crippen molar-refractivity contribution < 1.29 is 4.79 Å². The molecule has 1 N–H and O–H groups in total. The summed E-state index contributed by atoms with van der Waals surface area (Å²) in [5.41, 5.74) is 2.51. The first-order valence-electron chi connectivity index (χ1n) is 8.08. The second kappa shape index (κ2) is 5.91. The molecule has 1 aromatic heterocycles. The Hall–Kier alpha value is -2.56. The zero-order valence-corrected chi connectivity index (χ0v) is 13.0. The number of benzene rings is 1. The molecule has 0 radical (unpaired) electrons. The number of nitrogens with zero attached hydrogens (tertiary/aromatic N) is 3. The molecule has 2 amide bonds. The van der Waals surface area contributed by atoms with Crippen molar-refractivity contribution >= 4 is 11.8 Å². The van der Waals surface area contributed by atoms with Crippen molar-refractivity contribution in [2.24, 2.45) is 0 Å². The number of pyridine rings is 1. The Kier molecular flexibility index (Phi) is 3.61. The van der Waals surface area contributed by atoms with E-state index in [2.05, 4.69) is 27.3 Å². The predicted molar refractivity (Wildman–Crippen MR) is 89.1 cm³/mol. The SMILES string of the molecule is O=C(NC1CCN(c2ccccn2)C1)N1Cc2ccccc2C1. The third kappa shape index (κ3) is 2.86. The average Bonchev–Trinajstić information content (AvgIpc) is 3.22. The van der Waals surface area contributed by atoms with E-state index in [9.17, 15) is 4.79 Å². The van der Waals surface area contributed by atoms with Crippen molar-refractivity contribution in [3.63, 3.8) is 0 Å². The first-order chi connectivity index (χ1) is 11.3. The molecule has 1 fully saturated rings. The van der Waals surface area contributed by atoms with Gasteiger partial charge in [-0.1, -0.05) is 30.3 Å². The molecule has 23 heavy (non-hydrogen) atoms. The highest BCUT2D eigenvalue weighted by Crippen LogP contribution is 2.23. The number of hydrogen-bond acceptors (Lipinski definition) is 3. The van der Waals surface area contributed by atoms with Gasteiger partial charge in [-0.05, 0) is 29.7 Å². The van der Waals surface area contributed by atoms with Gasteiger partial charge in [0.15, 0.2) is 0 Å². The predicted octanol–water partition coefficient (Wildman–Crippen LogP) is 2.39. The van der Waals surface area contributed by atoms with Gasteiger partial charge in [-0.3, -0.25) is 0 Å². The number of hydrogen-bond donors (Lipinski definition) is 1. The van der Waals surface area contributed by atoms with Gasteiger partial charge in [0, 0.05) is 38.4 Å². The summed E-state index contributed by atoms with van der Waals surface area (Å²) in [7, 11) is 0. The number of anilines is 1. The summed E-state index contributed by atoms with van der Waals surface area (Å²) < 4.78 is 0. The number of carbonyl (C=O) groups excluding carboxylic acids is 1. The van der Waals surface area contributed by atoms with Gasteiger partial charge in [0.1, 0.15) is 5.82 Å². The zero-order chi connectivity index (χ0) is 15.6. The molecule has 1 atom stereocenters. The monoisotopic (exact) mass is 308 g/mol. The van der Waals surface area contributed by atoms with Crippen LogP contribution in [0.1, 0.15) is 17.5 Å². The number of amides is 2. The summed E-state index contributed by atoms with van der Waals surface area (Å²) in [6.07, 6.45) is 2.77. The molecule has 2 aliphatic rings. The Balaban J connectivity index is 1.34. The smallest absolute Gasteiger partial charge is 0.318 e. The molecule has 0 aliphatic carbocycles. The Morgan fingerprint density at radius 1 is 1.09 bits per heavy atom. The number of rotatable bonds is 2. The second-order valence-electron chi connectivity index (χ2n) is 6.19. The van der Waals surface area contributed by atoms with E-state index in [0.717, 1.165) is 25.3 Å². The van der Waals surface area contributed by atoms with Gasteiger partial charge in [0.05, 0.1) is 0 Å². The molecule has 1 saturated heterocycles. The lowest BCUT2D eigenvalue weighted by Crippen LogP contribution is -2.43. The van der Waals surface area contributed by atoms with Crippen LogP contribution < -0.4 is 10.2 Å². The first kappa shape index (κ1) is 14.1. The number of fused-ring (bicyclic) bond motifs is 1. The van der Waals surface area contributed by atoms with Gasteiger partial charge >= 0.3 is 6.03 Å². The lowest BCUT2D eigenvalue weighted by atomic mass is 10.1. The molecular formula is C18H20N4O. The molecule has 0 saturated carbocycles. The Labute approximate surface area is 135 Å². The lowest BCUT2D eigenvalue weighted by molar-refractivity contribution is 0.195. The molecule has 4 rings (SSSR count). The van der Waals surface area contributed by atoms with Gasteiger partial charge in [-0.2, -0.15) is 0 Å². The van der Waals surface area contributed by atoms with Crippen molar-refractivity contribution in [3.8, 4) is 0 Å². The van der Waals surface area contributed by atoms with Gasteiger partial charge in [-0.15, -0.1) is 0 Å². The maximum absolute atomic E-state index is 12.5. The third-order valence-corrected chi connectivity index (χ3v) is 4.62. The lowest BCUT2D eigenvalue weighted by Gasteiger charge is -2.21. The van der Waals surface area contributed by atoms with Crippen molar-refractivity contribution in [2.75, 3.05) is 18.0 Å². The van der Waals surface area contributed by atoms with Gasteiger partial charge in [0.25, 0.3) is 0 Å². The summed E-state index contributed by atoms with van der Waals surface area (Å²) in [6.45, 7) is 3.17. The van der Waals surface area contributed by atoms with Crippen molar-refractivity contribution in [1.29, 1.82) is 0 Å².